The Hall–Kier alpha value is -3.98. The smallest absolute Gasteiger partial charge is 0.103 e. The van der Waals surface area contributed by atoms with Gasteiger partial charge in [-0.15, -0.1) is 5.53 Å². The molecule has 9 heteroatoms. The molecule has 2 aromatic carbocycles. The maximum absolute atomic E-state index is 9.86. The summed E-state index contributed by atoms with van der Waals surface area (Å²) in [6, 6.07) is 14.0. The van der Waals surface area contributed by atoms with Crippen molar-refractivity contribution >= 4 is 33.9 Å². The number of nitrogens with zero attached hydrogens (tertiary/aromatic N) is 4. The number of fused-ring (bicyclic) bond motifs is 1. The maximum atomic E-state index is 9.86. The normalized spacial score (nSPS) is 19.7. The van der Waals surface area contributed by atoms with Crippen LogP contribution in [-0.2, 0) is 0 Å². The summed E-state index contributed by atoms with van der Waals surface area (Å²) in [5.41, 5.74) is 10.5. The van der Waals surface area contributed by atoms with Crippen LogP contribution in [0.3, 0.4) is 0 Å². The van der Waals surface area contributed by atoms with Gasteiger partial charge in [-0.25, -0.2) is 0 Å². The van der Waals surface area contributed by atoms with Gasteiger partial charge in [0, 0.05) is 36.1 Å². The van der Waals surface area contributed by atoms with E-state index in [2.05, 4.69) is 45.6 Å². The maximum Gasteiger partial charge on any atom is 0.103 e. The summed E-state index contributed by atoms with van der Waals surface area (Å²) >= 11 is 6.75. The molecule has 3 aromatic rings. The van der Waals surface area contributed by atoms with Gasteiger partial charge < -0.3 is 16.1 Å². The van der Waals surface area contributed by atoms with E-state index < -0.39 is 6.02 Å². The van der Waals surface area contributed by atoms with E-state index in [-0.39, 0.29) is 5.41 Å². The van der Waals surface area contributed by atoms with Crippen molar-refractivity contribution < 1.29 is 1.37 Å². The van der Waals surface area contributed by atoms with Gasteiger partial charge in [0.1, 0.15) is 6.07 Å². The molecule has 0 bridgehead atoms. The molecule has 38 heavy (non-hydrogen) atoms. The van der Waals surface area contributed by atoms with E-state index in [1.54, 1.807) is 30.5 Å². The lowest BCUT2D eigenvalue weighted by molar-refractivity contribution is 0.180. The van der Waals surface area contributed by atoms with Crippen LogP contribution in [0.1, 0.15) is 63.1 Å². The zero-order chi connectivity index (χ0) is 27.2. The topological polar surface area (TPSA) is 112 Å². The van der Waals surface area contributed by atoms with E-state index >= 15 is 0 Å². The summed E-state index contributed by atoms with van der Waals surface area (Å²) in [4.78, 5) is 4.48. The Labute approximate surface area is 228 Å². The van der Waals surface area contributed by atoms with Gasteiger partial charge in [-0.3, -0.25) is 9.99 Å². The Balaban J connectivity index is 1.43. The number of aromatic nitrogens is 1. The van der Waals surface area contributed by atoms with E-state index in [1.807, 2.05) is 23.3 Å². The summed E-state index contributed by atoms with van der Waals surface area (Å²) in [5.74, 6) is 0. The second kappa shape index (κ2) is 9.72. The molecule has 2 aliphatic carbocycles. The Morgan fingerprint density at radius 3 is 2.82 bits per heavy atom. The van der Waals surface area contributed by atoms with E-state index in [9.17, 15) is 11.9 Å². The summed E-state index contributed by atoms with van der Waals surface area (Å²) in [6.07, 6.45) is 9.15. The molecule has 3 aliphatic rings. The number of nitriles is 2. The van der Waals surface area contributed by atoms with Crippen molar-refractivity contribution in [3.63, 3.8) is 0 Å². The minimum atomic E-state index is -1.48. The molecule has 6 rings (SSSR count). The third-order valence-electron chi connectivity index (χ3n) is 7.65. The summed E-state index contributed by atoms with van der Waals surface area (Å²) in [5, 5.41) is 29.4. The quantitative estimate of drug-likeness (QED) is 0.295. The SMILES string of the molecule is [2H][C@](Nc1cc(Cl)c2ncc(C#N)c(NCC3(C)CCC3)c2c1)(C1=CN(C2CC2)NN1)c1cccc(C#N)c1. The molecule has 0 unspecified atom stereocenters. The molecule has 2 saturated carbocycles. The molecule has 8 nitrogen and oxygen atoms in total. The zero-order valence-corrected chi connectivity index (χ0v) is 21.9. The number of hydrogen-bond donors (Lipinski definition) is 4. The molecule has 1 atom stereocenters. The second-order valence-corrected chi connectivity index (χ2v) is 11.0. The fraction of sp³-hybridized carbons (Fsp3) is 0.345. The highest BCUT2D eigenvalue weighted by Crippen LogP contribution is 2.42. The molecule has 0 saturated heterocycles. The molecule has 0 radical (unpaired) electrons. The van der Waals surface area contributed by atoms with Crippen molar-refractivity contribution in [3.05, 3.63) is 76.2 Å². The number of benzene rings is 2. The highest BCUT2D eigenvalue weighted by atomic mass is 35.5. The Kier molecular flexibility index (Phi) is 5.92. The third kappa shape index (κ3) is 4.69. The fourth-order valence-corrected chi connectivity index (χ4v) is 5.32. The molecule has 0 spiro atoms. The van der Waals surface area contributed by atoms with Crippen molar-refractivity contribution in [1.82, 2.24) is 21.0 Å². The minimum absolute atomic E-state index is 0.200. The van der Waals surface area contributed by atoms with Gasteiger partial charge in [-0.1, -0.05) is 37.1 Å². The van der Waals surface area contributed by atoms with Gasteiger partial charge in [0.05, 0.1) is 46.5 Å². The van der Waals surface area contributed by atoms with E-state index in [0.717, 1.165) is 32.2 Å². The molecule has 1 aliphatic heterocycles. The summed E-state index contributed by atoms with van der Waals surface area (Å²) in [6.45, 7) is 3.00. The van der Waals surface area contributed by atoms with Crippen molar-refractivity contribution in [2.24, 2.45) is 5.41 Å². The first-order valence-electron chi connectivity index (χ1n) is 13.4. The van der Waals surface area contributed by atoms with E-state index in [0.29, 0.717) is 55.7 Å². The number of nitrogens with one attached hydrogen (secondary N) is 4. The van der Waals surface area contributed by atoms with E-state index in [4.69, 9.17) is 11.6 Å². The Morgan fingerprint density at radius 2 is 2.11 bits per heavy atom. The molecule has 192 valence electrons. The van der Waals surface area contributed by atoms with Gasteiger partial charge >= 0.3 is 0 Å². The Bertz CT molecular complexity index is 1570. The Morgan fingerprint density at radius 1 is 1.26 bits per heavy atom. The lowest BCUT2D eigenvalue weighted by atomic mass is 9.70. The molecule has 2 fully saturated rings. The number of anilines is 2. The number of hydrazine groups is 2. The highest BCUT2D eigenvalue weighted by Gasteiger charge is 2.33. The number of hydrogen-bond acceptors (Lipinski definition) is 8. The van der Waals surface area contributed by atoms with Crippen LogP contribution in [0.15, 0.2) is 54.5 Å². The molecule has 0 amide bonds. The largest absolute Gasteiger partial charge is 0.383 e. The van der Waals surface area contributed by atoms with Crippen LogP contribution in [0.4, 0.5) is 11.4 Å². The van der Waals surface area contributed by atoms with Crippen LogP contribution < -0.4 is 21.6 Å². The zero-order valence-electron chi connectivity index (χ0n) is 22.1. The van der Waals surface area contributed by atoms with Crippen LogP contribution in [0, 0.1) is 28.1 Å². The monoisotopic (exact) mass is 525 g/mol. The lowest BCUT2D eigenvalue weighted by Gasteiger charge is -2.38. The van der Waals surface area contributed by atoms with Crippen molar-refractivity contribution in [2.75, 3.05) is 17.2 Å². The van der Waals surface area contributed by atoms with Gasteiger partial charge in [-0.05, 0) is 60.9 Å². The summed E-state index contributed by atoms with van der Waals surface area (Å²) in [7, 11) is 0. The predicted molar refractivity (Wildman–Crippen MR) is 149 cm³/mol. The minimum Gasteiger partial charge on any atom is -0.383 e. The highest BCUT2D eigenvalue weighted by molar-refractivity contribution is 6.35. The average molecular weight is 526 g/mol. The number of rotatable bonds is 8. The molecular weight excluding hydrogens is 496 g/mol. The summed E-state index contributed by atoms with van der Waals surface area (Å²) < 4.78 is 9.68. The van der Waals surface area contributed by atoms with Gasteiger partial charge in [0.15, 0.2) is 0 Å². The first-order valence-corrected chi connectivity index (χ1v) is 13.3. The fourth-order valence-electron chi connectivity index (χ4n) is 5.05. The van der Waals surface area contributed by atoms with E-state index in [1.165, 1.54) is 6.42 Å². The first-order chi connectivity index (χ1) is 18.8. The van der Waals surface area contributed by atoms with Gasteiger partial charge in [-0.2, -0.15) is 10.5 Å². The van der Waals surface area contributed by atoms with Crippen LogP contribution in [0.5, 0.6) is 0 Å². The van der Waals surface area contributed by atoms with Crippen LogP contribution >= 0.6 is 11.6 Å². The molecule has 4 N–H and O–H groups in total. The van der Waals surface area contributed by atoms with Crippen LogP contribution in [0.25, 0.3) is 10.9 Å². The van der Waals surface area contributed by atoms with Gasteiger partial charge in [0.2, 0.25) is 0 Å². The second-order valence-electron chi connectivity index (χ2n) is 10.6. The van der Waals surface area contributed by atoms with Crippen LogP contribution in [-0.4, -0.2) is 22.6 Å². The number of pyridine rings is 1. The standard InChI is InChI=1S/C29H29ClN8/c1-29(8-3-9-29)17-34-26-20(14-32)15-33-28-23(26)11-21(12-24(28)30)35-27(19-5-2-4-18(10-19)13-31)25-16-38(37-36-25)22-6-7-22/h2,4-5,10-12,15-16,22,27,35-37H,3,6-9,17H2,1H3,(H,33,34)/t27-/m1/s1/i27D. The lowest BCUT2D eigenvalue weighted by Crippen LogP contribution is -2.38. The predicted octanol–water partition coefficient (Wildman–Crippen LogP) is 5.72. The molecule has 2 heterocycles. The van der Waals surface area contributed by atoms with Crippen LogP contribution in [0.2, 0.25) is 5.02 Å². The number of halogens is 1. The third-order valence-corrected chi connectivity index (χ3v) is 7.93. The van der Waals surface area contributed by atoms with Crippen molar-refractivity contribution in [1.29, 1.82) is 10.5 Å². The molecule has 1 aromatic heterocycles. The molecular formula is C29H29ClN8. The van der Waals surface area contributed by atoms with Gasteiger partial charge in [0.25, 0.3) is 0 Å². The average Bonchev–Trinajstić information content (AvgIpc) is 3.66. The van der Waals surface area contributed by atoms with Crippen molar-refractivity contribution in [3.8, 4) is 12.1 Å². The van der Waals surface area contributed by atoms with Crippen molar-refractivity contribution in [2.45, 2.75) is 51.1 Å². The first kappa shape index (κ1) is 23.2.